The summed E-state index contributed by atoms with van der Waals surface area (Å²) in [4.78, 5) is 29.8. The van der Waals surface area contributed by atoms with Gasteiger partial charge in [-0.2, -0.15) is 0 Å². The Labute approximate surface area is 280 Å². The van der Waals surface area contributed by atoms with Crippen LogP contribution in [0.2, 0.25) is 0 Å². The number of sulfonamides is 1. The van der Waals surface area contributed by atoms with Crippen molar-refractivity contribution < 1.29 is 22.7 Å². The largest absolute Gasteiger partial charge is 0.494 e. The van der Waals surface area contributed by atoms with Crippen LogP contribution in [0, 0.1) is 6.92 Å². The first-order valence-electron chi connectivity index (χ1n) is 15.3. The van der Waals surface area contributed by atoms with Crippen LogP contribution in [0.5, 0.6) is 5.75 Å². The minimum absolute atomic E-state index is 0.0554. The molecule has 4 rings (SSSR count). The molecule has 4 aromatic carbocycles. The van der Waals surface area contributed by atoms with Gasteiger partial charge >= 0.3 is 0 Å². The Morgan fingerprint density at radius 3 is 2.17 bits per heavy atom. The molecule has 0 saturated heterocycles. The zero-order valence-corrected chi connectivity index (χ0v) is 28.8. The molecule has 0 unspecified atom stereocenters. The van der Waals surface area contributed by atoms with Gasteiger partial charge in [0, 0.05) is 24.0 Å². The Morgan fingerprint density at radius 1 is 0.870 bits per heavy atom. The quantitative estimate of drug-likeness (QED) is 0.152. The number of ether oxygens (including phenoxy) is 1. The Hall–Kier alpha value is -4.15. The van der Waals surface area contributed by atoms with Crippen LogP contribution < -0.4 is 14.4 Å². The summed E-state index contributed by atoms with van der Waals surface area (Å²) in [5.41, 5.74) is 2.87. The van der Waals surface area contributed by atoms with Gasteiger partial charge in [-0.05, 0) is 79.9 Å². The lowest BCUT2D eigenvalue weighted by Crippen LogP contribution is -2.53. The van der Waals surface area contributed by atoms with E-state index in [1.54, 1.807) is 36.4 Å². The molecule has 0 saturated carbocycles. The maximum absolute atomic E-state index is 14.5. The van der Waals surface area contributed by atoms with E-state index in [1.165, 1.54) is 17.0 Å². The van der Waals surface area contributed by atoms with Crippen LogP contribution in [-0.4, -0.2) is 50.9 Å². The van der Waals surface area contributed by atoms with Crippen molar-refractivity contribution in [3.05, 3.63) is 124 Å². The number of hydrogen-bond donors (Lipinski definition) is 1. The van der Waals surface area contributed by atoms with E-state index in [-0.39, 0.29) is 23.8 Å². The molecule has 0 aliphatic heterocycles. The van der Waals surface area contributed by atoms with Crippen molar-refractivity contribution in [1.82, 2.24) is 10.2 Å². The number of amides is 2. The number of nitrogens with one attached hydrogen (secondary N) is 1. The molecule has 1 N–H and O–H groups in total. The molecule has 0 aliphatic rings. The van der Waals surface area contributed by atoms with E-state index in [0.717, 1.165) is 31.9 Å². The highest BCUT2D eigenvalue weighted by Gasteiger charge is 2.34. The fourth-order valence-corrected chi connectivity index (χ4v) is 6.85. The molecule has 4 aromatic rings. The van der Waals surface area contributed by atoms with E-state index in [4.69, 9.17) is 4.74 Å². The number of halogens is 1. The summed E-state index contributed by atoms with van der Waals surface area (Å²) in [6.45, 7) is 6.17. The highest BCUT2D eigenvalue weighted by Crippen LogP contribution is 2.27. The Morgan fingerprint density at radius 2 is 1.54 bits per heavy atom. The maximum atomic E-state index is 14.5. The summed E-state index contributed by atoms with van der Waals surface area (Å²) < 4.78 is 35.9. The third kappa shape index (κ3) is 9.20. The van der Waals surface area contributed by atoms with Crippen LogP contribution in [0.1, 0.15) is 37.0 Å². The third-order valence-electron chi connectivity index (χ3n) is 7.39. The second-order valence-corrected chi connectivity index (χ2v) is 13.7. The number of nitrogens with zero attached hydrogens (tertiary/aromatic N) is 2. The molecule has 2 amide bonds. The summed E-state index contributed by atoms with van der Waals surface area (Å²) in [7, 11) is -4.19. The molecule has 10 heteroatoms. The molecular weight excluding hydrogens is 666 g/mol. The topological polar surface area (TPSA) is 96.0 Å². The lowest BCUT2D eigenvalue weighted by atomic mass is 10.0. The van der Waals surface area contributed by atoms with Crippen LogP contribution in [-0.2, 0) is 32.6 Å². The maximum Gasteiger partial charge on any atom is 0.264 e. The van der Waals surface area contributed by atoms with Gasteiger partial charge in [0.1, 0.15) is 18.3 Å². The van der Waals surface area contributed by atoms with Gasteiger partial charge in [-0.15, -0.1) is 0 Å². The lowest BCUT2D eigenvalue weighted by Gasteiger charge is -2.34. The standard InChI is InChI=1S/C36H40BrN3O5S/c1-4-22-38-36(42)34(24-28-10-7-6-8-11-28)39(25-29-12-9-13-30(37)23-29)35(41)26-40(31-16-18-32(19-17-31)45-5-2)46(43,44)33-20-14-27(3)15-21-33/h6-21,23,34H,4-5,22,24-26H2,1-3H3,(H,38,42)/t34-/m0/s1. The first-order valence-corrected chi connectivity index (χ1v) is 17.5. The number of carbonyl (C=O) groups is 2. The van der Waals surface area contributed by atoms with Crippen LogP contribution in [0.15, 0.2) is 112 Å². The normalized spacial score (nSPS) is 11.8. The van der Waals surface area contributed by atoms with Crippen LogP contribution in [0.25, 0.3) is 0 Å². The zero-order valence-electron chi connectivity index (χ0n) is 26.4. The van der Waals surface area contributed by atoms with Crippen molar-refractivity contribution in [2.75, 3.05) is 24.0 Å². The SMILES string of the molecule is CCCNC(=O)[C@H](Cc1ccccc1)N(Cc1cccc(Br)c1)C(=O)CN(c1ccc(OCC)cc1)S(=O)(=O)c1ccc(C)cc1. The van der Waals surface area contributed by atoms with Gasteiger partial charge in [0.15, 0.2) is 0 Å². The Bertz CT molecular complexity index is 1700. The monoisotopic (exact) mass is 705 g/mol. The summed E-state index contributed by atoms with van der Waals surface area (Å²) in [6, 6.07) is 29.2. The van der Waals surface area contributed by atoms with Crippen molar-refractivity contribution in [1.29, 1.82) is 0 Å². The van der Waals surface area contributed by atoms with Crippen molar-refractivity contribution in [3.8, 4) is 5.75 Å². The molecule has 0 aromatic heterocycles. The molecule has 0 fully saturated rings. The molecule has 0 bridgehead atoms. The fourth-order valence-electron chi connectivity index (χ4n) is 4.99. The Balaban J connectivity index is 1.79. The van der Waals surface area contributed by atoms with Crippen molar-refractivity contribution in [3.63, 3.8) is 0 Å². The van der Waals surface area contributed by atoms with Gasteiger partial charge < -0.3 is 15.0 Å². The van der Waals surface area contributed by atoms with E-state index in [1.807, 2.05) is 75.4 Å². The van der Waals surface area contributed by atoms with Gasteiger partial charge in [-0.25, -0.2) is 8.42 Å². The van der Waals surface area contributed by atoms with Gasteiger partial charge in [0.25, 0.3) is 10.0 Å². The first kappa shape index (κ1) is 34.7. The summed E-state index contributed by atoms with van der Waals surface area (Å²) in [5.74, 6) is -0.239. The molecular formula is C36H40BrN3O5S. The molecule has 0 radical (unpaired) electrons. The molecule has 8 nitrogen and oxygen atoms in total. The van der Waals surface area contributed by atoms with Crippen molar-refractivity contribution >= 4 is 43.5 Å². The smallest absolute Gasteiger partial charge is 0.264 e. The number of anilines is 1. The van der Waals surface area contributed by atoms with Crippen LogP contribution in [0.3, 0.4) is 0 Å². The minimum atomic E-state index is -4.19. The molecule has 0 heterocycles. The van der Waals surface area contributed by atoms with Gasteiger partial charge in [0.05, 0.1) is 17.2 Å². The predicted molar refractivity (Wildman–Crippen MR) is 185 cm³/mol. The summed E-state index contributed by atoms with van der Waals surface area (Å²) >= 11 is 3.51. The number of rotatable bonds is 15. The molecule has 46 heavy (non-hydrogen) atoms. The van der Waals surface area contributed by atoms with Crippen molar-refractivity contribution in [2.24, 2.45) is 0 Å². The van der Waals surface area contributed by atoms with E-state index in [2.05, 4.69) is 21.2 Å². The fraction of sp³-hybridized carbons (Fsp3) is 0.278. The molecule has 0 spiro atoms. The third-order valence-corrected chi connectivity index (χ3v) is 9.67. The zero-order chi connectivity index (χ0) is 33.1. The second kappa shape index (κ2) is 16.4. The van der Waals surface area contributed by atoms with Gasteiger partial charge in [-0.3, -0.25) is 13.9 Å². The van der Waals surface area contributed by atoms with Crippen LogP contribution in [0.4, 0.5) is 5.69 Å². The molecule has 0 aliphatic carbocycles. The van der Waals surface area contributed by atoms with Gasteiger partial charge in [0.2, 0.25) is 11.8 Å². The highest BCUT2D eigenvalue weighted by molar-refractivity contribution is 9.10. The van der Waals surface area contributed by atoms with Crippen LogP contribution >= 0.6 is 15.9 Å². The number of benzene rings is 4. The van der Waals surface area contributed by atoms with E-state index >= 15 is 0 Å². The van der Waals surface area contributed by atoms with E-state index in [9.17, 15) is 18.0 Å². The molecule has 242 valence electrons. The highest BCUT2D eigenvalue weighted by atomic mass is 79.9. The Kier molecular flexibility index (Phi) is 12.4. The van der Waals surface area contributed by atoms with Gasteiger partial charge in [-0.1, -0.05) is 83.0 Å². The number of carbonyl (C=O) groups excluding carboxylic acids is 2. The van der Waals surface area contributed by atoms with E-state index in [0.29, 0.717) is 24.6 Å². The first-order chi connectivity index (χ1) is 22.1. The minimum Gasteiger partial charge on any atom is -0.494 e. The number of hydrogen-bond acceptors (Lipinski definition) is 5. The summed E-state index contributed by atoms with van der Waals surface area (Å²) in [6.07, 6.45) is 0.980. The average Bonchev–Trinajstić information content (AvgIpc) is 3.05. The lowest BCUT2D eigenvalue weighted by molar-refractivity contribution is -0.140. The summed E-state index contributed by atoms with van der Waals surface area (Å²) in [5, 5.41) is 2.96. The number of aryl methyl sites for hydroxylation is 1. The van der Waals surface area contributed by atoms with E-state index < -0.39 is 28.5 Å². The second-order valence-electron chi connectivity index (χ2n) is 10.9. The predicted octanol–water partition coefficient (Wildman–Crippen LogP) is 6.52. The van der Waals surface area contributed by atoms with Crippen molar-refractivity contribution in [2.45, 2.75) is 51.1 Å². The molecule has 1 atom stereocenters. The average molecular weight is 707 g/mol.